The zero-order valence-corrected chi connectivity index (χ0v) is 33.9. The first-order valence-electron chi connectivity index (χ1n) is 20.4. The normalized spacial score (nSPS) is 13.7. The zero-order chi connectivity index (χ0) is 38.5. The molecule has 0 aliphatic heterocycles. The Balaban J connectivity index is 4.09. The maximum atomic E-state index is 12.4. The van der Waals surface area contributed by atoms with Crippen LogP contribution < -0.4 is 0 Å². The van der Waals surface area contributed by atoms with Gasteiger partial charge in [0, 0.05) is 12.8 Å². The number of unbranched alkanes of at least 4 members (excludes halogenated alkanes) is 16. The minimum Gasteiger partial charge on any atom is -0.462 e. The summed E-state index contributed by atoms with van der Waals surface area (Å²) in [6.07, 6.45) is 38.7. The molecule has 2 atom stereocenters. The number of phosphoric acid groups is 1. The first kappa shape index (κ1) is 50.0. The number of carbonyl (C=O) groups is 2. The number of allylic oxidation sites excluding steroid dienone is 6. The predicted octanol–water partition coefficient (Wildman–Crippen LogP) is 11.2. The second-order valence-corrected chi connectivity index (χ2v) is 15.5. The van der Waals surface area contributed by atoms with Crippen molar-refractivity contribution in [2.24, 2.45) is 5.92 Å². The van der Waals surface area contributed by atoms with Gasteiger partial charge in [-0.15, -0.1) is 0 Å². The monoisotopic (exact) mass is 755 g/mol. The predicted molar refractivity (Wildman–Crippen MR) is 213 cm³/mol. The van der Waals surface area contributed by atoms with E-state index in [9.17, 15) is 19.3 Å². The molecule has 302 valence electrons. The Labute approximate surface area is 317 Å². The molecule has 10 heteroatoms. The van der Waals surface area contributed by atoms with Crippen LogP contribution in [0.1, 0.15) is 175 Å². The lowest BCUT2D eigenvalue weighted by molar-refractivity contribution is -0.161. The number of phosphoric ester groups is 1. The summed E-state index contributed by atoms with van der Waals surface area (Å²) in [6.45, 7) is 5.87. The summed E-state index contributed by atoms with van der Waals surface area (Å²) in [5, 5.41) is 9.99. The van der Waals surface area contributed by atoms with Gasteiger partial charge in [0.05, 0.1) is 12.7 Å². The highest BCUT2D eigenvalue weighted by Crippen LogP contribution is 2.36. The summed E-state index contributed by atoms with van der Waals surface area (Å²) in [4.78, 5) is 42.8. The van der Waals surface area contributed by atoms with Crippen molar-refractivity contribution in [3.8, 4) is 0 Å². The molecule has 0 unspecified atom stereocenters. The van der Waals surface area contributed by atoms with Crippen molar-refractivity contribution in [2.45, 2.75) is 187 Å². The van der Waals surface area contributed by atoms with Gasteiger partial charge >= 0.3 is 19.8 Å². The van der Waals surface area contributed by atoms with Gasteiger partial charge in [0.25, 0.3) is 0 Å². The van der Waals surface area contributed by atoms with Gasteiger partial charge in [-0.05, 0) is 50.9 Å². The van der Waals surface area contributed by atoms with E-state index in [4.69, 9.17) is 19.3 Å². The van der Waals surface area contributed by atoms with Crippen molar-refractivity contribution < 1.29 is 43.0 Å². The lowest BCUT2D eigenvalue weighted by Gasteiger charge is -2.18. The molecule has 0 amide bonds. The van der Waals surface area contributed by atoms with Gasteiger partial charge in [-0.3, -0.25) is 14.1 Å². The molecule has 0 aliphatic rings. The average Bonchev–Trinajstić information content (AvgIpc) is 3.09. The molecule has 0 saturated heterocycles. The van der Waals surface area contributed by atoms with E-state index in [-0.39, 0.29) is 19.4 Å². The van der Waals surface area contributed by atoms with Crippen LogP contribution >= 0.6 is 7.82 Å². The van der Waals surface area contributed by atoms with Crippen LogP contribution in [0.25, 0.3) is 0 Å². The summed E-state index contributed by atoms with van der Waals surface area (Å²) in [6, 6.07) is 0. The van der Waals surface area contributed by atoms with Crippen LogP contribution in [0.15, 0.2) is 48.6 Å². The van der Waals surface area contributed by atoms with E-state index in [2.05, 4.69) is 31.4 Å². The van der Waals surface area contributed by atoms with Crippen LogP contribution in [-0.4, -0.2) is 52.3 Å². The van der Waals surface area contributed by atoms with Gasteiger partial charge in [0.2, 0.25) is 0 Å². The first-order chi connectivity index (χ1) is 25.0. The molecule has 0 aromatic heterocycles. The summed E-state index contributed by atoms with van der Waals surface area (Å²) in [5.74, 6) is -0.169. The Kier molecular flexibility index (Phi) is 34.6. The Morgan fingerprint density at radius 1 is 0.654 bits per heavy atom. The van der Waals surface area contributed by atoms with E-state index in [0.717, 1.165) is 31.6 Å². The number of hydrogen-bond acceptors (Lipinski definition) is 7. The number of aliphatic hydroxyl groups excluding tert-OH is 1. The van der Waals surface area contributed by atoms with Crippen molar-refractivity contribution in [3.05, 3.63) is 48.6 Å². The van der Waals surface area contributed by atoms with E-state index < -0.39 is 38.6 Å². The van der Waals surface area contributed by atoms with E-state index in [0.29, 0.717) is 32.1 Å². The fourth-order valence-electron chi connectivity index (χ4n) is 5.52. The number of ether oxygens (including phenoxy) is 2. The lowest BCUT2D eigenvalue weighted by Crippen LogP contribution is -2.29. The van der Waals surface area contributed by atoms with Crippen LogP contribution in [0.5, 0.6) is 0 Å². The third-order valence-corrected chi connectivity index (χ3v) is 9.09. The molecular formula is C42H75O9P. The van der Waals surface area contributed by atoms with E-state index in [1.165, 1.54) is 83.5 Å². The van der Waals surface area contributed by atoms with Gasteiger partial charge in [-0.2, -0.15) is 0 Å². The van der Waals surface area contributed by atoms with E-state index >= 15 is 0 Å². The molecule has 0 aromatic carbocycles. The maximum absolute atomic E-state index is 12.4. The van der Waals surface area contributed by atoms with Gasteiger partial charge in [0.1, 0.15) is 6.61 Å². The highest BCUT2D eigenvalue weighted by Gasteiger charge is 2.22. The molecule has 0 spiro atoms. The number of carbonyl (C=O) groups excluding carboxylic acids is 2. The van der Waals surface area contributed by atoms with Gasteiger partial charge in [-0.1, -0.05) is 166 Å². The fourth-order valence-corrected chi connectivity index (χ4v) is 5.88. The highest BCUT2D eigenvalue weighted by molar-refractivity contribution is 7.46. The van der Waals surface area contributed by atoms with Crippen LogP contribution in [0.3, 0.4) is 0 Å². The topological polar surface area (TPSA) is 140 Å². The molecule has 0 aromatic rings. The van der Waals surface area contributed by atoms with Crippen molar-refractivity contribution in [1.82, 2.24) is 0 Å². The Hall–Kier alpha value is -2.03. The maximum Gasteiger partial charge on any atom is 0.469 e. The van der Waals surface area contributed by atoms with Crippen LogP contribution in [0.2, 0.25) is 0 Å². The summed E-state index contributed by atoms with van der Waals surface area (Å²) >= 11 is 0. The van der Waals surface area contributed by atoms with Crippen LogP contribution in [0, 0.1) is 5.92 Å². The van der Waals surface area contributed by atoms with Gasteiger partial charge in [-0.25, -0.2) is 4.57 Å². The van der Waals surface area contributed by atoms with Crippen molar-refractivity contribution >= 4 is 19.8 Å². The standard InChI is InChI=1S/C42H75O9P/c1-4-5-6-7-22-27-32-39(43)33-28-23-18-15-16-20-25-30-35-42(45)51-40(37-50-52(46,47)48)36-49-41(44)34-29-24-19-14-12-10-8-9-11-13-17-21-26-31-38(2)3/h16,18,20,22-23,27-28,33,38-40,43H,4-15,17,19,21,24-26,29-32,34-37H2,1-3H3,(H2,46,47,48)/b20-16-,23-18-,27-22-,33-28+/t39-,40+/m0/s1. The third-order valence-electron chi connectivity index (χ3n) is 8.61. The molecule has 0 aliphatic carbocycles. The number of esters is 2. The Morgan fingerprint density at radius 2 is 1.23 bits per heavy atom. The van der Waals surface area contributed by atoms with Crippen molar-refractivity contribution in [3.63, 3.8) is 0 Å². The average molecular weight is 755 g/mol. The quantitative estimate of drug-likeness (QED) is 0.0187. The third kappa shape index (κ3) is 39.2. The van der Waals surface area contributed by atoms with Crippen LogP contribution in [-0.2, 0) is 28.2 Å². The molecule has 52 heavy (non-hydrogen) atoms. The first-order valence-corrected chi connectivity index (χ1v) is 21.9. The smallest absolute Gasteiger partial charge is 0.462 e. The summed E-state index contributed by atoms with van der Waals surface area (Å²) < 4.78 is 26.3. The lowest BCUT2D eigenvalue weighted by atomic mass is 10.0. The zero-order valence-electron chi connectivity index (χ0n) is 33.0. The molecule has 0 radical (unpaired) electrons. The van der Waals surface area contributed by atoms with Gasteiger partial charge < -0.3 is 24.4 Å². The van der Waals surface area contributed by atoms with Gasteiger partial charge in [0.15, 0.2) is 6.10 Å². The number of aliphatic hydroxyl groups is 1. The van der Waals surface area contributed by atoms with E-state index in [1.54, 1.807) is 6.08 Å². The number of hydrogen-bond donors (Lipinski definition) is 3. The molecule has 9 nitrogen and oxygen atoms in total. The Morgan fingerprint density at radius 3 is 1.85 bits per heavy atom. The summed E-state index contributed by atoms with van der Waals surface area (Å²) in [7, 11) is -4.78. The SMILES string of the molecule is CCCCC/C=C\C[C@H](O)/C=C/C=C\C/C=C\CCCC(=O)O[C@H](COC(=O)CCCCCCCCCCCCCCCC(C)C)COP(=O)(O)O. The second kappa shape index (κ2) is 36.0. The largest absolute Gasteiger partial charge is 0.469 e. The highest BCUT2D eigenvalue weighted by atomic mass is 31.2. The molecule has 0 fully saturated rings. The molecule has 0 bridgehead atoms. The molecule has 0 saturated carbocycles. The van der Waals surface area contributed by atoms with Crippen molar-refractivity contribution in [1.29, 1.82) is 0 Å². The second-order valence-electron chi connectivity index (χ2n) is 14.3. The molecule has 3 N–H and O–H groups in total. The number of rotatable bonds is 36. The van der Waals surface area contributed by atoms with Crippen LogP contribution in [0.4, 0.5) is 0 Å². The fraction of sp³-hybridized carbons (Fsp3) is 0.762. The molecule has 0 heterocycles. The minimum absolute atomic E-state index is 0.104. The molecular weight excluding hydrogens is 679 g/mol. The summed E-state index contributed by atoms with van der Waals surface area (Å²) in [5.41, 5.74) is 0. The van der Waals surface area contributed by atoms with E-state index in [1.807, 2.05) is 36.5 Å². The van der Waals surface area contributed by atoms with Crippen molar-refractivity contribution in [2.75, 3.05) is 13.2 Å². The molecule has 0 rings (SSSR count). The minimum atomic E-state index is -4.78. The Bertz CT molecular complexity index is 1010.